The van der Waals surface area contributed by atoms with Crippen LogP contribution in [0.15, 0.2) is 0 Å². The van der Waals surface area contributed by atoms with Gasteiger partial charge in [-0.1, -0.05) is 200 Å². The fourth-order valence-corrected chi connectivity index (χ4v) is 7.48. The predicted molar refractivity (Wildman–Crippen MR) is 224 cm³/mol. The lowest BCUT2D eigenvalue weighted by atomic mass is 9.99. The molecule has 1 fully saturated rings. The van der Waals surface area contributed by atoms with E-state index in [2.05, 4.69) is 13.8 Å². The summed E-state index contributed by atoms with van der Waals surface area (Å²) in [5, 5.41) is 40.0. The van der Waals surface area contributed by atoms with Crippen LogP contribution in [-0.4, -0.2) is 89.0 Å². The summed E-state index contributed by atoms with van der Waals surface area (Å²) in [6, 6.07) is 0. The number of unbranched alkanes of at least 4 members (excludes halogenated alkanes) is 29. The van der Waals surface area contributed by atoms with Gasteiger partial charge in [0, 0.05) is 12.8 Å². The number of rotatable bonds is 40. The van der Waals surface area contributed by atoms with Crippen molar-refractivity contribution in [3.8, 4) is 0 Å². The predicted octanol–water partition coefficient (Wildman–Crippen LogP) is 10.2. The summed E-state index contributed by atoms with van der Waals surface area (Å²) in [6.07, 6.45) is 31.5. The SMILES string of the molecule is CCCCCCCCCCCCCCCCCCCCCCCCCCC(=O)OC(COC(=O)CCCCCCCCC)COC1OC(CO)C(O)C(O)C1O. The average Bonchev–Trinajstić information content (AvgIpc) is 3.19. The van der Waals surface area contributed by atoms with Gasteiger partial charge in [-0.05, 0) is 12.8 Å². The normalized spacial score (nSPS) is 20.3. The Labute approximate surface area is 342 Å². The van der Waals surface area contributed by atoms with Crippen molar-refractivity contribution in [3.05, 3.63) is 0 Å². The van der Waals surface area contributed by atoms with Gasteiger partial charge >= 0.3 is 11.9 Å². The molecule has 6 unspecified atom stereocenters. The molecule has 1 rings (SSSR count). The Bertz CT molecular complexity index is 886. The zero-order chi connectivity index (χ0) is 40.9. The third-order valence-corrected chi connectivity index (χ3v) is 11.2. The lowest BCUT2D eigenvalue weighted by molar-refractivity contribution is -0.305. The Kier molecular flexibility index (Phi) is 35.7. The van der Waals surface area contributed by atoms with E-state index in [0.29, 0.717) is 6.42 Å². The molecular weight excluding hydrogens is 712 g/mol. The highest BCUT2D eigenvalue weighted by Gasteiger charge is 2.44. The number of carbonyl (C=O) groups excluding carboxylic acids is 2. The fourth-order valence-electron chi connectivity index (χ4n) is 7.48. The van der Waals surface area contributed by atoms with Crippen molar-refractivity contribution in [2.24, 2.45) is 0 Å². The molecule has 0 aromatic rings. The Morgan fingerprint density at radius 1 is 0.482 bits per heavy atom. The van der Waals surface area contributed by atoms with Crippen LogP contribution in [0.5, 0.6) is 0 Å². The summed E-state index contributed by atoms with van der Waals surface area (Å²) < 4.78 is 22.1. The summed E-state index contributed by atoms with van der Waals surface area (Å²) in [4.78, 5) is 25.2. The van der Waals surface area contributed by atoms with Gasteiger partial charge < -0.3 is 39.4 Å². The van der Waals surface area contributed by atoms with Crippen LogP contribution in [0.3, 0.4) is 0 Å². The first-order valence-electron chi connectivity index (χ1n) is 23.6. The van der Waals surface area contributed by atoms with Gasteiger partial charge in [-0.3, -0.25) is 9.59 Å². The number of aliphatic hydroxyl groups is 4. The summed E-state index contributed by atoms with van der Waals surface area (Å²) in [7, 11) is 0. The van der Waals surface area contributed by atoms with Crippen LogP contribution < -0.4 is 0 Å². The van der Waals surface area contributed by atoms with Crippen LogP contribution in [0, 0.1) is 0 Å². The first-order valence-corrected chi connectivity index (χ1v) is 23.6. The van der Waals surface area contributed by atoms with E-state index in [1.165, 1.54) is 148 Å². The molecule has 10 heteroatoms. The highest BCUT2D eigenvalue weighted by molar-refractivity contribution is 5.70. The first kappa shape index (κ1) is 52.7. The third kappa shape index (κ3) is 29.0. The molecule has 0 aromatic carbocycles. The molecule has 56 heavy (non-hydrogen) atoms. The lowest BCUT2D eigenvalue weighted by Crippen LogP contribution is -2.59. The van der Waals surface area contributed by atoms with Crippen molar-refractivity contribution in [1.82, 2.24) is 0 Å². The maximum Gasteiger partial charge on any atom is 0.306 e. The average molecular weight is 801 g/mol. The molecular formula is C46H88O10. The zero-order valence-corrected chi connectivity index (χ0v) is 36.2. The van der Waals surface area contributed by atoms with Gasteiger partial charge in [0.2, 0.25) is 0 Å². The molecule has 0 aliphatic carbocycles. The molecule has 1 aliphatic rings. The second-order valence-corrected chi connectivity index (χ2v) is 16.6. The highest BCUT2D eigenvalue weighted by atomic mass is 16.7. The van der Waals surface area contributed by atoms with Crippen LogP contribution in [0.2, 0.25) is 0 Å². The van der Waals surface area contributed by atoms with E-state index in [1.807, 2.05) is 0 Å². The molecule has 10 nitrogen and oxygen atoms in total. The molecule has 4 N–H and O–H groups in total. The molecule has 1 heterocycles. The van der Waals surface area contributed by atoms with Crippen LogP contribution >= 0.6 is 0 Å². The topological polar surface area (TPSA) is 152 Å². The molecule has 6 atom stereocenters. The first-order chi connectivity index (χ1) is 27.3. The van der Waals surface area contributed by atoms with Crippen LogP contribution in [0.25, 0.3) is 0 Å². The van der Waals surface area contributed by atoms with E-state index in [1.54, 1.807) is 0 Å². The smallest absolute Gasteiger partial charge is 0.306 e. The molecule has 0 radical (unpaired) electrons. The number of aliphatic hydroxyl groups excluding tert-OH is 4. The number of esters is 2. The van der Waals surface area contributed by atoms with E-state index >= 15 is 0 Å². The molecule has 332 valence electrons. The number of hydrogen-bond donors (Lipinski definition) is 4. The molecule has 0 spiro atoms. The fraction of sp³-hybridized carbons (Fsp3) is 0.957. The van der Waals surface area contributed by atoms with Crippen LogP contribution in [0.1, 0.15) is 226 Å². The van der Waals surface area contributed by atoms with E-state index in [9.17, 15) is 30.0 Å². The minimum atomic E-state index is -1.59. The van der Waals surface area contributed by atoms with Gasteiger partial charge in [0.15, 0.2) is 12.4 Å². The number of ether oxygens (including phenoxy) is 4. The Balaban J connectivity index is 2.16. The van der Waals surface area contributed by atoms with Crippen molar-refractivity contribution in [2.75, 3.05) is 19.8 Å². The van der Waals surface area contributed by atoms with Gasteiger partial charge in [-0.2, -0.15) is 0 Å². The summed E-state index contributed by atoms with van der Waals surface area (Å²) in [5.41, 5.74) is 0. The van der Waals surface area contributed by atoms with Gasteiger partial charge in [0.25, 0.3) is 0 Å². The van der Waals surface area contributed by atoms with Crippen molar-refractivity contribution < 1.29 is 49.0 Å². The van der Waals surface area contributed by atoms with Crippen LogP contribution in [0.4, 0.5) is 0 Å². The van der Waals surface area contributed by atoms with E-state index in [4.69, 9.17) is 18.9 Å². The van der Waals surface area contributed by atoms with Crippen LogP contribution in [-0.2, 0) is 28.5 Å². The van der Waals surface area contributed by atoms with Crippen molar-refractivity contribution in [1.29, 1.82) is 0 Å². The highest BCUT2D eigenvalue weighted by Crippen LogP contribution is 2.23. The molecule has 0 bridgehead atoms. The third-order valence-electron chi connectivity index (χ3n) is 11.2. The zero-order valence-electron chi connectivity index (χ0n) is 36.2. The Morgan fingerprint density at radius 2 is 0.839 bits per heavy atom. The quantitative estimate of drug-likeness (QED) is 0.0348. The second-order valence-electron chi connectivity index (χ2n) is 16.6. The maximum absolute atomic E-state index is 12.7. The summed E-state index contributed by atoms with van der Waals surface area (Å²) in [5.74, 6) is -0.799. The van der Waals surface area contributed by atoms with E-state index < -0.39 is 49.4 Å². The monoisotopic (exact) mass is 801 g/mol. The molecule has 1 aliphatic heterocycles. The Morgan fingerprint density at radius 3 is 1.21 bits per heavy atom. The second kappa shape index (κ2) is 37.9. The molecule has 0 amide bonds. The van der Waals surface area contributed by atoms with Gasteiger partial charge in [-0.15, -0.1) is 0 Å². The van der Waals surface area contributed by atoms with Crippen molar-refractivity contribution in [3.63, 3.8) is 0 Å². The van der Waals surface area contributed by atoms with Crippen molar-refractivity contribution >= 4 is 11.9 Å². The van der Waals surface area contributed by atoms with Crippen molar-refractivity contribution in [2.45, 2.75) is 263 Å². The van der Waals surface area contributed by atoms with E-state index in [0.717, 1.165) is 44.9 Å². The molecule has 0 aromatic heterocycles. The van der Waals surface area contributed by atoms with Gasteiger partial charge in [-0.25, -0.2) is 0 Å². The number of carbonyl (C=O) groups is 2. The summed E-state index contributed by atoms with van der Waals surface area (Å²) >= 11 is 0. The van der Waals surface area contributed by atoms with Gasteiger partial charge in [0.05, 0.1) is 13.2 Å². The minimum Gasteiger partial charge on any atom is -0.462 e. The lowest BCUT2D eigenvalue weighted by Gasteiger charge is -2.39. The Hall–Kier alpha value is -1.30. The maximum atomic E-state index is 12.7. The number of hydrogen-bond acceptors (Lipinski definition) is 10. The van der Waals surface area contributed by atoms with E-state index in [-0.39, 0.29) is 32.0 Å². The largest absolute Gasteiger partial charge is 0.462 e. The summed E-state index contributed by atoms with van der Waals surface area (Å²) in [6.45, 7) is 3.40. The molecule has 0 saturated carbocycles. The minimum absolute atomic E-state index is 0.210. The van der Waals surface area contributed by atoms with Gasteiger partial charge in [0.1, 0.15) is 31.0 Å². The molecule has 1 saturated heterocycles. The standard InChI is InChI=1S/C46H88O10/c1-3-5-7-9-11-12-13-14-15-16-17-18-19-20-21-22-23-24-25-26-27-29-31-33-35-42(49)55-39(37-53-41(48)34-32-30-28-10-8-6-4-2)38-54-46-45(52)44(51)43(50)40(36-47)56-46/h39-40,43-47,50-52H,3-38H2,1-2H3.